The van der Waals surface area contributed by atoms with Crippen molar-refractivity contribution >= 4 is 40.7 Å². The molecule has 0 aromatic heterocycles. The van der Waals surface area contributed by atoms with Gasteiger partial charge in [-0.05, 0) is 54.2 Å². The number of hydrogen-bond acceptors (Lipinski definition) is 7. The number of rotatable bonds is 8. The van der Waals surface area contributed by atoms with E-state index in [4.69, 9.17) is 17.0 Å². The third kappa shape index (κ3) is 5.13. The van der Waals surface area contributed by atoms with Crippen molar-refractivity contribution in [2.24, 2.45) is 5.92 Å². The van der Waals surface area contributed by atoms with Crippen LogP contribution < -0.4 is 0 Å². The summed E-state index contributed by atoms with van der Waals surface area (Å²) in [7, 11) is 0. The largest absolute Gasteiger partial charge is 0.460 e. The summed E-state index contributed by atoms with van der Waals surface area (Å²) in [6, 6.07) is 24.3. The molecule has 0 spiro atoms. The van der Waals surface area contributed by atoms with Crippen molar-refractivity contribution < 1.29 is 19.6 Å². The predicted octanol–water partition coefficient (Wildman–Crippen LogP) is 5.62. The lowest BCUT2D eigenvalue weighted by atomic mass is 9.87. The molecule has 1 aliphatic rings. The summed E-state index contributed by atoms with van der Waals surface area (Å²) in [5, 5.41) is 22.3. The van der Waals surface area contributed by atoms with Gasteiger partial charge in [-0.1, -0.05) is 60.7 Å². The lowest BCUT2D eigenvalue weighted by Gasteiger charge is -2.33. The summed E-state index contributed by atoms with van der Waals surface area (Å²) in [6.45, 7) is 1.88. The molecule has 1 N–H and O–H groups in total. The summed E-state index contributed by atoms with van der Waals surface area (Å²) in [6.07, 6.45) is 0.223. The zero-order valence-electron chi connectivity index (χ0n) is 19.8. The highest BCUT2D eigenvalue weighted by molar-refractivity contribution is 7.98. The monoisotopic (exact) mass is 522 g/mol. The Balaban J connectivity index is 1.72. The van der Waals surface area contributed by atoms with Gasteiger partial charge in [-0.3, -0.25) is 19.8 Å². The molecule has 0 saturated carbocycles. The summed E-state index contributed by atoms with van der Waals surface area (Å²) >= 11 is 6.95. The van der Waals surface area contributed by atoms with E-state index in [0.29, 0.717) is 5.56 Å². The van der Waals surface area contributed by atoms with Crippen LogP contribution in [0.4, 0.5) is 5.69 Å². The minimum absolute atomic E-state index is 0.0650. The van der Waals surface area contributed by atoms with Gasteiger partial charge in [0.1, 0.15) is 6.10 Å². The van der Waals surface area contributed by atoms with Gasteiger partial charge in [0.25, 0.3) is 10.9 Å². The van der Waals surface area contributed by atoms with E-state index in [2.05, 4.69) is 0 Å². The van der Waals surface area contributed by atoms with Gasteiger partial charge in [-0.25, -0.2) is 0 Å². The lowest BCUT2D eigenvalue weighted by molar-refractivity contribution is -0.384. The molecule has 36 heavy (non-hydrogen) atoms. The van der Waals surface area contributed by atoms with E-state index in [1.165, 1.54) is 40.9 Å². The van der Waals surface area contributed by atoms with Gasteiger partial charge in [0.05, 0.1) is 23.0 Å². The normalized spacial score (nSPS) is 19.9. The van der Waals surface area contributed by atoms with Crippen molar-refractivity contribution in [1.82, 2.24) is 4.90 Å². The Kier molecular flexibility index (Phi) is 8.03. The number of carbonyl (C=O) groups excluding carboxylic acids is 1. The third-order valence-electron chi connectivity index (χ3n) is 6.41. The minimum atomic E-state index is -1.23. The second-order valence-electron chi connectivity index (χ2n) is 8.55. The minimum Gasteiger partial charge on any atom is -0.460 e. The number of nitrogens with zero attached hydrogens (tertiary/aromatic N) is 2. The number of non-ortho nitro benzene ring substituents is 1. The average molecular weight is 523 g/mol. The van der Waals surface area contributed by atoms with Crippen molar-refractivity contribution in [3.63, 3.8) is 0 Å². The average Bonchev–Trinajstić information content (AvgIpc) is 3.21. The molecule has 186 valence electrons. The molecule has 3 aromatic carbocycles. The maximum Gasteiger partial charge on any atom is 0.269 e. The molecule has 0 bridgehead atoms. The summed E-state index contributed by atoms with van der Waals surface area (Å²) in [4.78, 5) is 26.2. The smallest absolute Gasteiger partial charge is 0.269 e. The number of aliphatic hydroxyl groups is 1. The van der Waals surface area contributed by atoms with Crippen LogP contribution in [0.3, 0.4) is 0 Å². The number of thioether (sulfide) groups is 1. The van der Waals surface area contributed by atoms with Crippen LogP contribution in [0.15, 0.2) is 84.9 Å². The van der Waals surface area contributed by atoms with E-state index in [1.54, 1.807) is 0 Å². The number of ether oxygens (including phenoxy) is 1. The predicted molar refractivity (Wildman–Crippen MR) is 143 cm³/mol. The van der Waals surface area contributed by atoms with Crippen LogP contribution in [0.1, 0.15) is 41.1 Å². The van der Waals surface area contributed by atoms with E-state index < -0.39 is 34.3 Å². The Hall–Kier alpha value is -3.27. The van der Waals surface area contributed by atoms with Gasteiger partial charge in [0.15, 0.2) is 0 Å². The fourth-order valence-electron chi connectivity index (χ4n) is 4.57. The first-order chi connectivity index (χ1) is 17.3. The van der Waals surface area contributed by atoms with Crippen LogP contribution in [0.5, 0.6) is 0 Å². The third-order valence-corrected chi connectivity index (χ3v) is 7.78. The molecular formula is C27H26N2O5S2. The molecule has 1 unspecified atom stereocenters. The Morgan fingerprint density at radius 1 is 1.03 bits per heavy atom. The fourth-order valence-corrected chi connectivity index (χ4v) is 5.92. The standard InChI is InChI=1S/C27H26N2O5S2/c1-17-24(19-9-5-3-6-10-19)34-27(35)28(17)26(31)22(25(36-2)20-11-7-4-8-12-20)23(30)18-13-15-21(16-14-18)29(32)33/h3-17,22-25,30H,1-2H3/t17?,22-,23-,24-,25-/m0/s1. The van der Waals surface area contributed by atoms with Crippen LogP contribution in [-0.2, 0) is 9.53 Å². The van der Waals surface area contributed by atoms with Crippen LogP contribution >= 0.6 is 24.0 Å². The second-order valence-corrected chi connectivity index (χ2v) is 9.88. The van der Waals surface area contributed by atoms with E-state index in [-0.39, 0.29) is 16.8 Å². The lowest BCUT2D eigenvalue weighted by Crippen LogP contribution is -2.44. The molecule has 1 aliphatic heterocycles. The van der Waals surface area contributed by atoms with Crippen LogP contribution in [0.2, 0.25) is 0 Å². The number of carbonyl (C=O) groups is 1. The van der Waals surface area contributed by atoms with Gasteiger partial charge in [0.2, 0.25) is 5.91 Å². The number of benzene rings is 3. The number of nitro benzene ring substituents is 1. The zero-order chi connectivity index (χ0) is 25.8. The first-order valence-electron chi connectivity index (χ1n) is 11.4. The van der Waals surface area contributed by atoms with E-state index in [0.717, 1.165) is 11.1 Å². The number of thiocarbonyl (C=S) groups is 1. The number of amides is 1. The number of nitro groups is 1. The van der Waals surface area contributed by atoms with Crippen LogP contribution in [0, 0.1) is 16.0 Å². The van der Waals surface area contributed by atoms with Crippen LogP contribution in [0.25, 0.3) is 0 Å². The number of hydrogen-bond donors (Lipinski definition) is 1. The highest BCUT2D eigenvalue weighted by Gasteiger charge is 2.47. The molecular weight excluding hydrogens is 496 g/mol. The highest BCUT2D eigenvalue weighted by Crippen LogP contribution is 2.44. The quantitative estimate of drug-likeness (QED) is 0.233. The van der Waals surface area contributed by atoms with Gasteiger partial charge >= 0.3 is 0 Å². The van der Waals surface area contributed by atoms with Crippen molar-refractivity contribution in [3.8, 4) is 0 Å². The van der Waals surface area contributed by atoms with Crippen molar-refractivity contribution in [2.45, 2.75) is 30.4 Å². The van der Waals surface area contributed by atoms with Crippen LogP contribution in [-0.4, -0.2) is 38.3 Å². The van der Waals surface area contributed by atoms with Crippen molar-refractivity contribution in [2.75, 3.05) is 6.26 Å². The van der Waals surface area contributed by atoms with Gasteiger partial charge < -0.3 is 9.84 Å². The Morgan fingerprint density at radius 2 is 1.61 bits per heavy atom. The topological polar surface area (TPSA) is 92.9 Å². The first kappa shape index (κ1) is 25.8. The van der Waals surface area contributed by atoms with Gasteiger partial charge in [-0.15, -0.1) is 0 Å². The van der Waals surface area contributed by atoms with E-state index in [1.807, 2.05) is 73.8 Å². The molecule has 0 radical (unpaired) electrons. The van der Waals surface area contributed by atoms with Crippen molar-refractivity contribution in [1.29, 1.82) is 0 Å². The summed E-state index contributed by atoms with van der Waals surface area (Å²) in [5.41, 5.74) is 2.10. The molecule has 4 rings (SSSR count). The molecule has 1 saturated heterocycles. The van der Waals surface area contributed by atoms with E-state index >= 15 is 0 Å². The first-order valence-corrected chi connectivity index (χ1v) is 13.1. The molecule has 0 aliphatic carbocycles. The maximum absolute atomic E-state index is 14.2. The number of aliphatic hydroxyl groups excluding tert-OH is 1. The molecule has 1 heterocycles. The molecule has 1 amide bonds. The molecule has 3 aromatic rings. The second kappa shape index (κ2) is 11.2. The highest BCUT2D eigenvalue weighted by atomic mass is 32.2. The summed E-state index contributed by atoms with van der Waals surface area (Å²) < 4.78 is 5.96. The molecule has 9 heteroatoms. The van der Waals surface area contributed by atoms with Gasteiger partial charge in [-0.2, -0.15) is 11.8 Å². The Labute approximate surface area is 219 Å². The summed E-state index contributed by atoms with van der Waals surface area (Å²) in [5.74, 6) is -1.29. The van der Waals surface area contributed by atoms with Crippen molar-refractivity contribution in [3.05, 3.63) is 112 Å². The molecule has 7 nitrogen and oxygen atoms in total. The van der Waals surface area contributed by atoms with E-state index in [9.17, 15) is 20.0 Å². The Bertz CT molecular complexity index is 1220. The SMILES string of the molecule is CS[C@@H](c1ccccc1)[C@@H](C(=O)N1C(=S)O[C@H](c2ccccc2)C1C)[C@@H](O)c1ccc([N+](=O)[O-])cc1. The molecule has 1 fully saturated rings. The maximum atomic E-state index is 14.2. The molecule has 5 atom stereocenters. The zero-order valence-corrected chi connectivity index (χ0v) is 21.4. The van der Waals surface area contributed by atoms with Gasteiger partial charge in [0, 0.05) is 17.4 Å². The Morgan fingerprint density at radius 3 is 2.17 bits per heavy atom. The fraction of sp³-hybridized carbons (Fsp3) is 0.259.